The van der Waals surface area contributed by atoms with E-state index in [4.69, 9.17) is 4.74 Å². The third-order valence-corrected chi connectivity index (χ3v) is 7.26. The zero-order valence-corrected chi connectivity index (χ0v) is 18.1. The second-order valence-electron chi connectivity index (χ2n) is 9.36. The zero-order chi connectivity index (χ0) is 19.8. The largest absolute Gasteiger partial charge is 0.426 e. The van der Waals surface area contributed by atoms with E-state index in [0.717, 1.165) is 30.4 Å². The van der Waals surface area contributed by atoms with E-state index in [1.807, 2.05) is 12.1 Å². The molecule has 28 heavy (non-hydrogen) atoms. The first kappa shape index (κ1) is 21.4. The Morgan fingerprint density at radius 3 is 2.04 bits per heavy atom. The highest BCUT2D eigenvalue weighted by atomic mass is 16.5. The van der Waals surface area contributed by atoms with Gasteiger partial charge in [0.15, 0.2) is 0 Å². The van der Waals surface area contributed by atoms with Gasteiger partial charge in [0, 0.05) is 0 Å². The molecule has 0 amide bonds. The van der Waals surface area contributed by atoms with E-state index in [-0.39, 0.29) is 11.9 Å². The Balaban J connectivity index is 1.44. The smallest absolute Gasteiger partial charge is 0.314 e. The molecule has 3 rings (SSSR count). The molecule has 0 unspecified atom stereocenters. The lowest BCUT2D eigenvalue weighted by Gasteiger charge is -2.29. The van der Waals surface area contributed by atoms with Gasteiger partial charge < -0.3 is 4.74 Å². The van der Waals surface area contributed by atoms with Crippen LogP contribution in [-0.2, 0) is 4.79 Å². The molecule has 0 aliphatic heterocycles. The lowest BCUT2D eigenvalue weighted by Crippen LogP contribution is -2.25. The number of hydrogen-bond donors (Lipinski definition) is 0. The average Bonchev–Trinajstić information content (AvgIpc) is 2.74. The number of carbonyl (C=O) groups excluding carboxylic acids is 1. The molecule has 0 N–H and O–H groups in total. The van der Waals surface area contributed by atoms with Crippen LogP contribution in [0.1, 0.15) is 109 Å². The van der Waals surface area contributed by atoms with E-state index in [2.05, 4.69) is 26.0 Å². The maximum absolute atomic E-state index is 12.5. The zero-order valence-electron chi connectivity index (χ0n) is 18.1. The summed E-state index contributed by atoms with van der Waals surface area (Å²) < 4.78 is 5.71. The number of esters is 1. The summed E-state index contributed by atoms with van der Waals surface area (Å²) in [5, 5.41) is 0. The molecule has 2 aliphatic rings. The van der Waals surface area contributed by atoms with E-state index >= 15 is 0 Å². The third kappa shape index (κ3) is 6.09. The highest BCUT2D eigenvalue weighted by Gasteiger charge is 2.27. The van der Waals surface area contributed by atoms with Crippen LogP contribution in [0.15, 0.2) is 24.3 Å². The molecule has 0 bridgehead atoms. The molecule has 2 fully saturated rings. The van der Waals surface area contributed by atoms with Crippen LogP contribution in [0.5, 0.6) is 5.75 Å². The number of benzene rings is 1. The summed E-state index contributed by atoms with van der Waals surface area (Å²) in [5.74, 6) is 3.28. The topological polar surface area (TPSA) is 26.3 Å². The summed E-state index contributed by atoms with van der Waals surface area (Å²) in [6, 6.07) is 8.41. The number of hydrogen-bond acceptors (Lipinski definition) is 2. The van der Waals surface area contributed by atoms with Crippen LogP contribution >= 0.6 is 0 Å². The van der Waals surface area contributed by atoms with E-state index in [1.54, 1.807) is 0 Å². The van der Waals surface area contributed by atoms with Crippen LogP contribution in [0.4, 0.5) is 0 Å². The quantitative estimate of drug-likeness (QED) is 0.339. The minimum atomic E-state index is -0.0147. The van der Waals surface area contributed by atoms with Crippen molar-refractivity contribution in [1.82, 2.24) is 0 Å². The van der Waals surface area contributed by atoms with Crippen molar-refractivity contribution in [1.29, 1.82) is 0 Å². The van der Waals surface area contributed by atoms with Crippen LogP contribution < -0.4 is 4.74 Å². The van der Waals surface area contributed by atoms with Crippen molar-refractivity contribution in [3.8, 4) is 5.75 Å². The van der Waals surface area contributed by atoms with Crippen molar-refractivity contribution < 1.29 is 9.53 Å². The van der Waals surface area contributed by atoms with Gasteiger partial charge in [0.05, 0.1) is 5.92 Å². The van der Waals surface area contributed by atoms with Crippen molar-refractivity contribution in [2.75, 3.05) is 0 Å². The first-order valence-electron chi connectivity index (χ1n) is 12.0. The highest BCUT2D eigenvalue weighted by molar-refractivity contribution is 5.75. The monoisotopic (exact) mass is 384 g/mol. The van der Waals surface area contributed by atoms with Crippen molar-refractivity contribution >= 4 is 5.97 Å². The highest BCUT2D eigenvalue weighted by Crippen LogP contribution is 2.38. The van der Waals surface area contributed by atoms with Crippen LogP contribution in [0, 0.1) is 17.8 Å². The lowest BCUT2D eigenvalue weighted by molar-refractivity contribution is -0.140. The molecule has 2 aliphatic carbocycles. The van der Waals surface area contributed by atoms with Crippen molar-refractivity contribution in [3.05, 3.63) is 29.8 Å². The fourth-order valence-electron chi connectivity index (χ4n) is 5.38. The molecule has 1 aromatic carbocycles. The van der Waals surface area contributed by atoms with Crippen molar-refractivity contribution in [2.24, 2.45) is 17.8 Å². The number of unbranched alkanes of at least 4 members (excludes halogenated alkanes) is 1. The molecule has 0 atom stereocenters. The van der Waals surface area contributed by atoms with Gasteiger partial charge in [0.25, 0.3) is 0 Å². The number of ether oxygens (including phenoxy) is 1. The van der Waals surface area contributed by atoms with Crippen molar-refractivity contribution in [3.63, 3.8) is 0 Å². The van der Waals surface area contributed by atoms with Gasteiger partial charge in [-0.25, -0.2) is 0 Å². The van der Waals surface area contributed by atoms with E-state index in [9.17, 15) is 4.79 Å². The van der Waals surface area contributed by atoms with Gasteiger partial charge in [0.2, 0.25) is 0 Å². The van der Waals surface area contributed by atoms with E-state index in [0.29, 0.717) is 5.92 Å². The molecule has 0 saturated heterocycles. The fraction of sp³-hybridized carbons (Fsp3) is 0.731. The second kappa shape index (κ2) is 11.0. The minimum absolute atomic E-state index is 0.0147. The normalized spacial score (nSPS) is 28.1. The molecule has 0 spiro atoms. The van der Waals surface area contributed by atoms with Gasteiger partial charge in [0.1, 0.15) is 5.75 Å². The van der Waals surface area contributed by atoms with E-state index < -0.39 is 0 Å². The van der Waals surface area contributed by atoms with Crippen molar-refractivity contribution in [2.45, 2.75) is 103 Å². The Labute approximate surface area is 172 Å². The molecular weight excluding hydrogens is 344 g/mol. The standard InChI is InChI=1S/C26H40O2/c1-3-5-7-21-8-12-22(13-9-21)23-16-18-25(19-17-23)28-26(27)24-14-10-20(6-4-2)11-15-24/h16-22,24H,3-15H2,1-2H3. The minimum Gasteiger partial charge on any atom is -0.426 e. The Morgan fingerprint density at radius 2 is 1.43 bits per heavy atom. The van der Waals surface area contributed by atoms with Gasteiger partial charge in [-0.2, -0.15) is 0 Å². The van der Waals surface area contributed by atoms with Gasteiger partial charge >= 0.3 is 5.97 Å². The van der Waals surface area contributed by atoms with Crippen LogP contribution in [0.3, 0.4) is 0 Å². The predicted octanol–water partition coefficient (Wildman–Crippen LogP) is 7.66. The molecule has 2 heteroatoms. The predicted molar refractivity (Wildman–Crippen MR) is 117 cm³/mol. The average molecular weight is 385 g/mol. The Bertz CT molecular complexity index is 575. The molecule has 2 saturated carbocycles. The molecule has 0 heterocycles. The van der Waals surface area contributed by atoms with Gasteiger partial charge in [-0.1, -0.05) is 58.1 Å². The Morgan fingerprint density at radius 1 is 0.821 bits per heavy atom. The second-order valence-corrected chi connectivity index (χ2v) is 9.36. The van der Waals surface area contributed by atoms with Crippen LogP contribution in [-0.4, -0.2) is 5.97 Å². The fourth-order valence-corrected chi connectivity index (χ4v) is 5.38. The van der Waals surface area contributed by atoms with Crippen LogP contribution in [0.25, 0.3) is 0 Å². The SMILES string of the molecule is CCCCC1CCC(c2ccc(OC(=O)C3CCC(CCC)CC3)cc2)CC1. The summed E-state index contributed by atoms with van der Waals surface area (Å²) in [6.45, 7) is 4.54. The van der Waals surface area contributed by atoms with E-state index in [1.165, 1.54) is 76.2 Å². The first-order chi connectivity index (χ1) is 13.7. The summed E-state index contributed by atoms with van der Waals surface area (Å²) >= 11 is 0. The Hall–Kier alpha value is -1.31. The van der Waals surface area contributed by atoms with Gasteiger partial charge in [-0.3, -0.25) is 4.79 Å². The maximum Gasteiger partial charge on any atom is 0.314 e. The summed E-state index contributed by atoms with van der Waals surface area (Å²) in [4.78, 5) is 12.5. The molecule has 1 aromatic rings. The Kier molecular flexibility index (Phi) is 8.43. The lowest BCUT2D eigenvalue weighted by atomic mass is 9.77. The molecule has 2 nitrogen and oxygen atoms in total. The summed E-state index contributed by atoms with van der Waals surface area (Å²) in [6.07, 6.45) is 16.4. The molecule has 0 aromatic heterocycles. The van der Waals surface area contributed by atoms with Crippen LogP contribution in [0.2, 0.25) is 0 Å². The molecule has 0 radical (unpaired) electrons. The number of carbonyl (C=O) groups is 1. The number of rotatable bonds is 8. The molecular formula is C26H40O2. The molecule has 156 valence electrons. The first-order valence-corrected chi connectivity index (χ1v) is 12.0. The summed E-state index contributed by atoms with van der Waals surface area (Å²) in [5.41, 5.74) is 1.42. The van der Waals surface area contributed by atoms with Gasteiger partial charge in [-0.05, 0) is 86.8 Å². The summed E-state index contributed by atoms with van der Waals surface area (Å²) in [7, 11) is 0. The van der Waals surface area contributed by atoms with Gasteiger partial charge in [-0.15, -0.1) is 0 Å². The third-order valence-electron chi connectivity index (χ3n) is 7.26. The maximum atomic E-state index is 12.5.